The van der Waals surface area contributed by atoms with E-state index >= 15 is 0 Å². The van der Waals surface area contributed by atoms with Crippen LogP contribution in [0.15, 0.2) is 230 Å². The minimum Gasteiger partial charge on any atom is -0.485 e. The van der Waals surface area contributed by atoms with Crippen molar-refractivity contribution >= 4 is 52.6 Å². The van der Waals surface area contributed by atoms with E-state index < -0.39 is 0 Å². The summed E-state index contributed by atoms with van der Waals surface area (Å²) in [6, 6.07) is 64.9. The number of aryl methyl sites for hydroxylation is 3. The molecule has 2 aliphatic heterocycles. The fourth-order valence-electron chi connectivity index (χ4n) is 12.0. The number of para-hydroxylation sites is 2. The highest BCUT2D eigenvalue weighted by atomic mass is 31.1. The lowest BCUT2D eigenvalue weighted by molar-refractivity contribution is 0.271. The second-order valence-electron chi connectivity index (χ2n) is 20.7. The summed E-state index contributed by atoms with van der Waals surface area (Å²) in [4.78, 5) is 15.6. The molecule has 0 fully saturated rings. The highest BCUT2D eigenvalue weighted by molar-refractivity contribution is 7.50. The molecule has 0 bridgehead atoms. The fraction of sp³-hybridized carbons (Fsp3) is 0.110. The molecule has 4 aliphatic rings. The number of rotatable bonds is 8. The Hall–Kier alpha value is -9.20. The summed E-state index contributed by atoms with van der Waals surface area (Å²) >= 11 is 0. The quantitative estimate of drug-likeness (QED) is 0.0866. The van der Waals surface area contributed by atoms with Crippen molar-refractivity contribution in [3.05, 3.63) is 280 Å². The van der Waals surface area contributed by atoms with Crippen molar-refractivity contribution in [1.29, 1.82) is 0 Å². The van der Waals surface area contributed by atoms with Crippen LogP contribution in [0.2, 0.25) is 0 Å². The van der Waals surface area contributed by atoms with Gasteiger partial charge in [-0.2, -0.15) is 0 Å². The zero-order valence-electron chi connectivity index (χ0n) is 44.7. The van der Waals surface area contributed by atoms with E-state index in [0.717, 1.165) is 74.5 Å². The van der Waals surface area contributed by atoms with Crippen LogP contribution in [0.3, 0.4) is 0 Å². The summed E-state index contributed by atoms with van der Waals surface area (Å²) in [5.74, 6) is 5.35. The molecule has 0 saturated heterocycles. The van der Waals surface area contributed by atoms with E-state index in [4.69, 9.17) is 26.1 Å². The largest absolute Gasteiger partial charge is 0.485 e. The number of nitrogens with zero attached hydrogens (tertiary/aromatic N) is 4. The van der Waals surface area contributed by atoms with Crippen molar-refractivity contribution in [2.45, 2.75) is 46.1 Å². The van der Waals surface area contributed by atoms with Crippen molar-refractivity contribution in [1.82, 2.24) is 14.5 Å². The number of ether oxygens (including phenoxy) is 1. The van der Waals surface area contributed by atoms with Crippen molar-refractivity contribution in [3.8, 4) is 57.4 Å². The Labute approximate surface area is 464 Å². The van der Waals surface area contributed by atoms with Gasteiger partial charge in [-0.3, -0.25) is 9.56 Å². The first-order valence-electron chi connectivity index (χ1n) is 27.1. The standard InChI is InChI=1S/C49H35N3O.C24H22NP/c1-29-23-40-33(25-32-15-6-7-16-34(32)40)26-38(29)39-27-44-41(24-30(39)2)35-17-8-10-20-43(35)52(44)47-28-42(31-13-4-3-5-14-31)50-49(51-47)37-19-12-22-46-48(37)36-18-9-11-21-45(36)53-46;1-4-6-12-19(5-2)24-18(3)11-10-15-21(24)22-16-23(26-17-25-22)20-13-8-7-9-14-20/h3-24,26-28,46,48H,25H2,1-2H3;2,4,6-16,26H,17H2,1,3H3/b;6-4-,19-12+. The Balaban J connectivity index is 0.000000192. The van der Waals surface area contributed by atoms with Crippen LogP contribution < -0.4 is 4.74 Å². The molecule has 0 spiro atoms. The van der Waals surface area contributed by atoms with Gasteiger partial charge < -0.3 is 4.74 Å². The van der Waals surface area contributed by atoms with Crippen molar-refractivity contribution in [3.63, 3.8) is 0 Å². The van der Waals surface area contributed by atoms with E-state index in [1.165, 1.54) is 77.3 Å². The van der Waals surface area contributed by atoms with E-state index in [1.807, 2.05) is 31.2 Å². The first-order chi connectivity index (χ1) is 38.8. The van der Waals surface area contributed by atoms with Gasteiger partial charge in [0.25, 0.3) is 0 Å². The van der Waals surface area contributed by atoms with E-state index in [0.29, 0.717) is 14.4 Å². The number of terminal acetylenes is 1. The molecule has 79 heavy (non-hydrogen) atoms. The molecule has 0 saturated carbocycles. The summed E-state index contributed by atoms with van der Waals surface area (Å²) in [5.41, 5.74) is 23.6. The molecule has 0 radical (unpaired) electrons. The maximum atomic E-state index is 6.43. The third-order valence-electron chi connectivity index (χ3n) is 15.8. The lowest BCUT2D eigenvalue weighted by Crippen LogP contribution is -2.20. The van der Waals surface area contributed by atoms with E-state index in [9.17, 15) is 0 Å². The van der Waals surface area contributed by atoms with Gasteiger partial charge in [0.15, 0.2) is 5.82 Å². The van der Waals surface area contributed by atoms with Gasteiger partial charge in [0.05, 0.1) is 34.6 Å². The van der Waals surface area contributed by atoms with Crippen LogP contribution in [-0.2, 0) is 6.42 Å². The molecule has 2 aromatic heterocycles. The third-order valence-corrected chi connectivity index (χ3v) is 16.9. The van der Waals surface area contributed by atoms with Gasteiger partial charge in [-0.05, 0) is 144 Å². The van der Waals surface area contributed by atoms with Gasteiger partial charge in [0.2, 0.25) is 0 Å². The highest BCUT2D eigenvalue weighted by Gasteiger charge is 2.38. The normalized spacial score (nSPS) is 16.3. The number of allylic oxidation sites excluding steroid dienone is 7. The minimum absolute atomic E-state index is 0.0106. The topological polar surface area (TPSA) is 52.3 Å². The Kier molecular flexibility index (Phi) is 13.1. The van der Waals surface area contributed by atoms with Gasteiger partial charge >= 0.3 is 0 Å². The molecule has 0 amide bonds. The number of hydrogen-bond acceptors (Lipinski definition) is 4. The zero-order valence-corrected chi connectivity index (χ0v) is 45.7. The summed E-state index contributed by atoms with van der Waals surface area (Å²) in [7, 11) is 0.698. The van der Waals surface area contributed by atoms with Gasteiger partial charge in [-0.15, -0.1) is 6.42 Å². The Morgan fingerprint density at radius 1 is 0.658 bits per heavy atom. The van der Waals surface area contributed by atoms with Gasteiger partial charge in [0, 0.05) is 50.2 Å². The van der Waals surface area contributed by atoms with Gasteiger partial charge in [-0.25, -0.2) is 9.97 Å². The highest BCUT2D eigenvalue weighted by Crippen LogP contribution is 2.48. The molecular weight excluding hydrogens is 980 g/mol. The van der Waals surface area contributed by atoms with Crippen LogP contribution in [0.5, 0.6) is 5.75 Å². The van der Waals surface area contributed by atoms with Crippen LogP contribution in [0.25, 0.3) is 77.6 Å². The number of aromatic nitrogens is 3. The van der Waals surface area contributed by atoms with Crippen LogP contribution in [0, 0.1) is 33.1 Å². The average molecular weight is 1040 g/mol. The van der Waals surface area contributed by atoms with Gasteiger partial charge in [-0.1, -0.05) is 184 Å². The number of aliphatic imine (C=N–C) groups is 1. The number of benzene rings is 8. The molecule has 4 heterocycles. The maximum Gasteiger partial charge on any atom is 0.158 e. The lowest BCUT2D eigenvalue weighted by atomic mass is 9.84. The van der Waals surface area contributed by atoms with Crippen molar-refractivity contribution in [2.75, 3.05) is 6.29 Å². The smallest absolute Gasteiger partial charge is 0.158 e. The molecule has 3 atom stereocenters. The summed E-state index contributed by atoms with van der Waals surface area (Å²) in [6.45, 7) is 8.60. The molecule has 0 N–H and O–H groups in total. The SMILES string of the molecule is C#C/C(=C\C=C/C)c1c(C)cccc1C1=NCPC(c2ccccc2)=C1.Cc1cc2c(cc1-c1cc3c(cc1C)c1ccccc1n3-c1cc(-c3ccccc3)nc(C3=CC=CC4Oc5ccccc5C34)n1)Cc1ccccc1-2. The van der Waals surface area contributed by atoms with E-state index in [1.54, 1.807) is 0 Å². The number of fused-ring (bicyclic) bond motifs is 9. The fourth-order valence-corrected chi connectivity index (χ4v) is 13.1. The summed E-state index contributed by atoms with van der Waals surface area (Å²) in [5, 5.41) is 3.77. The van der Waals surface area contributed by atoms with Crippen LogP contribution >= 0.6 is 8.58 Å². The first-order valence-corrected chi connectivity index (χ1v) is 28.3. The Morgan fingerprint density at radius 3 is 2.23 bits per heavy atom. The molecule has 6 heteroatoms. The van der Waals surface area contributed by atoms with Gasteiger partial charge in [0.1, 0.15) is 17.7 Å². The van der Waals surface area contributed by atoms with Crippen molar-refractivity contribution < 1.29 is 4.74 Å². The summed E-state index contributed by atoms with van der Waals surface area (Å²) in [6.07, 6.45) is 22.1. The average Bonchev–Trinajstić information content (AvgIpc) is 4.31. The van der Waals surface area contributed by atoms with Crippen LogP contribution in [0.4, 0.5) is 0 Å². The molecule has 3 unspecified atom stereocenters. The third kappa shape index (κ3) is 9.09. The van der Waals surface area contributed by atoms with E-state index in [-0.39, 0.29) is 12.0 Å². The Bertz CT molecular complexity index is 4320. The van der Waals surface area contributed by atoms with Crippen molar-refractivity contribution in [2.24, 2.45) is 4.99 Å². The summed E-state index contributed by atoms with van der Waals surface area (Å²) < 4.78 is 8.78. The second kappa shape index (κ2) is 21.0. The van der Waals surface area contributed by atoms with Crippen LogP contribution in [-0.4, -0.2) is 32.6 Å². The molecule has 10 aromatic rings. The predicted octanol–water partition coefficient (Wildman–Crippen LogP) is 17.7. The predicted molar refractivity (Wildman–Crippen MR) is 333 cm³/mol. The lowest BCUT2D eigenvalue weighted by Gasteiger charge is -2.22. The molecule has 8 aromatic carbocycles. The molecule has 2 aliphatic carbocycles. The number of hydrogen-bond donors (Lipinski definition) is 0. The molecule has 380 valence electrons. The first kappa shape index (κ1) is 49.4. The monoisotopic (exact) mass is 1040 g/mol. The Morgan fingerprint density at radius 2 is 1.39 bits per heavy atom. The van der Waals surface area contributed by atoms with E-state index in [2.05, 4.69) is 231 Å². The molecule has 14 rings (SSSR count). The molecule has 5 nitrogen and oxygen atoms in total. The maximum absolute atomic E-state index is 6.43. The molecular formula is C73H57N4OP. The zero-order chi connectivity index (χ0) is 53.6. The van der Waals surface area contributed by atoms with Crippen LogP contribution in [0.1, 0.15) is 68.7 Å². The second-order valence-corrected chi connectivity index (χ2v) is 21.9. The minimum atomic E-state index is -0.0954.